The topological polar surface area (TPSA) is 89.8 Å². The number of fused-ring (bicyclic) bond motifs is 1. The summed E-state index contributed by atoms with van der Waals surface area (Å²) in [5.74, 6) is -0.685. The maximum Gasteiger partial charge on any atom is 0.275 e. The number of carbonyl (C=O) groups is 1. The number of rotatable bonds is 4. The zero-order valence-corrected chi connectivity index (χ0v) is 15.9. The second kappa shape index (κ2) is 6.80. The fraction of sp³-hybridized carbons (Fsp3) is 0.278. The van der Waals surface area contributed by atoms with Crippen LogP contribution >= 0.6 is 15.9 Å². The van der Waals surface area contributed by atoms with Gasteiger partial charge in [0.1, 0.15) is 12.7 Å². The highest BCUT2D eigenvalue weighted by Crippen LogP contribution is 2.44. The minimum Gasteiger partial charge on any atom is -0.293 e. The molecule has 4 rings (SSSR count). The Bertz CT molecular complexity index is 1100. The number of aromatic nitrogens is 4. The van der Waals surface area contributed by atoms with Crippen LogP contribution in [0.2, 0.25) is 0 Å². The van der Waals surface area contributed by atoms with Gasteiger partial charge >= 0.3 is 0 Å². The molecule has 1 N–H and O–H groups in total. The van der Waals surface area contributed by atoms with Crippen molar-refractivity contribution in [3.05, 3.63) is 56.7 Å². The van der Waals surface area contributed by atoms with E-state index in [0.29, 0.717) is 22.9 Å². The van der Waals surface area contributed by atoms with Crippen molar-refractivity contribution >= 4 is 38.6 Å². The number of hydrogen-bond acceptors (Lipinski definition) is 5. The monoisotopic (exact) mass is 431 g/mol. The summed E-state index contributed by atoms with van der Waals surface area (Å²) >= 11 is 3.37. The number of carbonyl (C=O) groups excluding carboxylic acids is 1. The van der Waals surface area contributed by atoms with Crippen LogP contribution in [-0.4, -0.2) is 31.8 Å². The van der Waals surface area contributed by atoms with Gasteiger partial charge in [0.2, 0.25) is 11.9 Å². The number of anilines is 1. The van der Waals surface area contributed by atoms with E-state index in [9.17, 15) is 14.0 Å². The van der Waals surface area contributed by atoms with Crippen molar-refractivity contribution in [3.63, 3.8) is 0 Å². The van der Waals surface area contributed by atoms with E-state index in [2.05, 4.69) is 36.3 Å². The Kier molecular flexibility index (Phi) is 4.47. The van der Waals surface area contributed by atoms with Gasteiger partial charge in [-0.1, -0.05) is 15.9 Å². The van der Waals surface area contributed by atoms with E-state index in [1.807, 2.05) is 6.92 Å². The summed E-state index contributed by atoms with van der Waals surface area (Å²) < 4.78 is 15.5. The van der Waals surface area contributed by atoms with E-state index in [1.165, 1.54) is 0 Å². The molecule has 0 radical (unpaired) electrons. The molecular formula is C18H15BrFN5O2. The number of aryl methyl sites for hydroxylation is 1. The van der Waals surface area contributed by atoms with Crippen LogP contribution in [0.25, 0.3) is 10.8 Å². The minimum absolute atomic E-state index is 0.148. The number of amides is 1. The van der Waals surface area contributed by atoms with Gasteiger partial charge in [0.05, 0.1) is 11.1 Å². The van der Waals surface area contributed by atoms with Crippen molar-refractivity contribution in [1.29, 1.82) is 0 Å². The molecule has 0 aliphatic heterocycles. The fourth-order valence-corrected chi connectivity index (χ4v) is 3.23. The lowest BCUT2D eigenvalue weighted by molar-refractivity contribution is -0.117. The third-order valence-corrected chi connectivity index (χ3v) is 4.83. The van der Waals surface area contributed by atoms with Crippen LogP contribution in [0.4, 0.5) is 10.3 Å². The Morgan fingerprint density at radius 3 is 2.70 bits per heavy atom. The highest BCUT2D eigenvalue weighted by molar-refractivity contribution is 9.10. The Morgan fingerprint density at radius 2 is 2.04 bits per heavy atom. The van der Waals surface area contributed by atoms with Gasteiger partial charge in [0.15, 0.2) is 0 Å². The molecule has 2 aromatic heterocycles. The lowest BCUT2D eigenvalue weighted by Gasteiger charge is -2.11. The summed E-state index contributed by atoms with van der Waals surface area (Å²) in [7, 11) is 0. The number of halogens is 2. The standard InChI is InChI=1S/C18H15BrFN5O2/c1-9-6-21-18(22-7-9)23-15(26)8-25-17(27)11-3-2-10(19)4-12(11)16(24-25)13-5-14(13)20/h2-4,6-7,13-14H,5,8H2,1H3,(H,21,22,23,26)/t13-,14-/m0/s1. The van der Waals surface area contributed by atoms with Crippen LogP contribution in [0.3, 0.4) is 0 Å². The molecule has 1 saturated carbocycles. The molecule has 1 aliphatic carbocycles. The molecule has 7 nitrogen and oxygen atoms in total. The zero-order chi connectivity index (χ0) is 19.1. The van der Waals surface area contributed by atoms with E-state index in [4.69, 9.17) is 0 Å². The highest BCUT2D eigenvalue weighted by atomic mass is 79.9. The quantitative estimate of drug-likeness (QED) is 0.685. The van der Waals surface area contributed by atoms with Crippen LogP contribution in [0.1, 0.15) is 23.6 Å². The third kappa shape index (κ3) is 3.59. The summed E-state index contributed by atoms with van der Waals surface area (Å²) in [4.78, 5) is 33.0. The molecule has 27 heavy (non-hydrogen) atoms. The van der Waals surface area contributed by atoms with Crippen LogP contribution in [-0.2, 0) is 11.3 Å². The molecule has 2 atom stereocenters. The number of nitrogens with one attached hydrogen (secondary N) is 1. The Balaban J connectivity index is 1.68. The maximum atomic E-state index is 13.7. The Hall–Kier alpha value is -2.68. The predicted octanol–water partition coefficient (Wildman–Crippen LogP) is 2.72. The molecule has 0 spiro atoms. The predicted molar refractivity (Wildman–Crippen MR) is 101 cm³/mol. The van der Waals surface area contributed by atoms with Gasteiger partial charge in [0.25, 0.3) is 5.56 Å². The lowest BCUT2D eigenvalue weighted by atomic mass is 10.1. The molecule has 1 aliphatic rings. The fourth-order valence-electron chi connectivity index (χ4n) is 2.87. The molecule has 138 valence electrons. The van der Waals surface area contributed by atoms with Gasteiger partial charge in [-0.2, -0.15) is 5.10 Å². The summed E-state index contributed by atoms with van der Waals surface area (Å²) in [5, 5.41) is 7.84. The van der Waals surface area contributed by atoms with Gasteiger partial charge in [-0.15, -0.1) is 0 Å². The molecule has 0 saturated heterocycles. The number of nitrogens with zero attached hydrogens (tertiary/aromatic N) is 4. The lowest BCUT2D eigenvalue weighted by Crippen LogP contribution is -2.31. The molecule has 1 aromatic carbocycles. The van der Waals surface area contributed by atoms with E-state index < -0.39 is 17.6 Å². The summed E-state index contributed by atoms with van der Waals surface area (Å²) in [6.45, 7) is 1.53. The SMILES string of the molecule is Cc1cnc(NC(=O)Cn2nc([C@H]3C[C@@H]3F)c3cc(Br)ccc3c2=O)nc1. The van der Waals surface area contributed by atoms with E-state index in [1.54, 1.807) is 30.6 Å². The van der Waals surface area contributed by atoms with Crippen molar-refractivity contribution in [2.75, 3.05) is 5.32 Å². The average molecular weight is 432 g/mol. The van der Waals surface area contributed by atoms with Gasteiger partial charge in [0, 0.05) is 28.2 Å². The third-order valence-electron chi connectivity index (χ3n) is 4.34. The van der Waals surface area contributed by atoms with E-state index in [-0.39, 0.29) is 18.4 Å². The average Bonchev–Trinajstić information content (AvgIpc) is 3.35. The number of hydrogen-bond donors (Lipinski definition) is 1. The second-order valence-electron chi connectivity index (χ2n) is 6.53. The molecule has 9 heteroatoms. The number of benzene rings is 1. The summed E-state index contributed by atoms with van der Waals surface area (Å²) in [6.07, 6.45) is 2.55. The van der Waals surface area contributed by atoms with Gasteiger partial charge in [-0.3, -0.25) is 14.9 Å². The van der Waals surface area contributed by atoms with Crippen LogP contribution in [0.5, 0.6) is 0 Å². The van der Waals surface area contributed by atoms with Crippen molar-refractivity contribution in [2.24, 2.45) is 0 Å². The van der Waals surface area contributed by atoms with E-state index >= 15 is 0 Å². The first-order valence-corrected chi connectivity index (χ1v) is 9.14. The smallest absolute Gasteiger partial charge is 0.275 e. The Labute approximate surface area is 161 Å². The highest BCUT2D eigenvalue weighted by Gasteiger charge is 2.41. The van der Waals surface area contributed by atoms with Crippen molar-refractivity contribution < 1.29 is 9.18 Å². The molecule has 0 unspecified atom stereocenters. The van der Waals surface area contributed by atoms with Crippen molar-refractivity contribution in [2.45, 2.75) is 32.0 Å². The Morgan fingerprint density at radius 1 is 1.33 bits per heavy atom. The number of alkyl halides is 1. The second-order valence-corrected chi connectivity index (χ2v) is 7.44. The molecule has 2 heterocycles. The van der Waals surface area contributed by atoms with Crippen molar-refractivity contribution in [1.82, 2.24) is 19.7 Å². The van der Waals surface area contributed by atoms with Crippen LogP contribution in [0.15, 0.2) is 39.9 Å². The first kappa shape index (κ1) is 17.7. The summed E-state index contributed by atoms with van der Waals surface area (Å²) in [5.41, 5.74) is 0.955. The normalized spacial score (nSPS) is 18.5. The van der Waals surface area contributed by atoms with Gasteiger partial charge in [-0.05, 0) is 37.1 Å². The first-order chi connectivity index (χ1) is 12.9. The van der Waals surface area contributed by atoms with Crippen LogP contribution < -0.4 is 10.9 Å². The molecule has 1 fully saturated rings. The summed E-state index contributed by atoms with van der Waals surface area (Å²) in [6, 6.07) is 5.15. The molecular weight excluding hydrogens is 417 g/mol. The first-order valence-electron chi connectivity index (χ1n) is 8.35. The molecule has 1 amide bonds. The molecule has 0 bridgehead atoms. The molecule has 3 aromatic rings. The van der Waals surface area contributed by atoms with E-state index in [0.717, 1.165) is 14.7 Å². The van der Waals surface area contributed by atoms with Crippen molar-refractivity contribution in [3.8, 4) is 0 Å². The van der Waals surface area contributed by atoms with Gasteiger partial charge in [-0.25, -0.2) is 19.0 Å². The zero-order valence-electron chi connectivity index (χ0n) is 14.3. The largest absolute Gasteiger partial charge is 0.293 e. The maximum absolute atomic E-state index is 13.7. The van der Waals surface area contributed by atoms with Gasteiger partial charge < -0.3 is 0 Å². The minimum atomic E-state index is -0.972. The van der Waals surface area contributed by atoms with Crippen LogP contribution in [0, 0.1) is 6.92 Å².